The maximum Gasteiger partial charge on any atom is 0.140 e. The molecule has 6 nitrogen and oxygen atoms in total. The molecule has 0 saturated heterocycles. The second kappa shape index (κ2) is 9.03. The largest absolute Gasteiger partial charge is 0.334 e. The molecular formula is C35H26N6. The topological polar surface area (TPSA) is 53.5 Å². The van der Waals surface area contributed by atoms with E-state index in [-0.39, 0.29) is 0 Å². The predicted octanol–water partition coefficient (Wildman–Crippen LogP) is 7.80. The number of para-hydroxylation sites is 3. The van der Waals surface area contributed by atoms with Gasteiger partial charge in [0.1, 0.15) is 11.6 Å². The lowest BCUT2D eigenvalue weighted by atomic mass is 10.1. The first-order chi connectivity index (χ1) is 20.2. The Hall–Kier alpha value is -5.49. The van der Waals surface area contributed by atoms with Crippen LogP contribution in [0, 0.1) is 0 Å². The van der Waals surface area contributed by atoms with Gasteiger partial charge in [0.2, 0.25) is 0 Å². The lowest BCUT2D eigenvalue weighted by Crippen LogP contribution is -1.97. The Kier molecular flexibility index (Phi) is 5.15. The number of imidazole rings is 2. The van der Waals surface area contributed by atoms with Crippen molar-refractivity contribution in [2.75, 3.05) is 0 Å². The molecule has 6 heteroatoms. The average molecular weight is 531 g/mol. The Labute approximate surface area is 236 Å². The summed E-state index contributed by atoms with van der Waals surface area (Å²) in [5, 5.41) is 2.43. The summed E-state index contributed by atoms with van der Waals surface area (Å²) in [7, 11) is 4.09. The second-order valence-corrected chi connectivity index (χ2v) is 10.4. The molecule has 0 spiro atoms. The minimum absolute atomic E-state index is 0.911. The van der Waals surface area contributed by atoms with Gasteiger partial charge in [-0.05, 0) is 48.5 Å². The van der Waals surface area contributed by atoms with Crippen molar-refractivity contribution in [3.63, 3.8) is 0 Å². The van der Waals surface area contributed by atoms with E-state index in [9.17, 15) is 0 Å². The Morgan fingerprint density at radius 1 is 0.561 bits per heavy atom. The van der Waals surface area contributed by atoms with Crippen molar-refractivity contribution in [2.45, 2.75) is 0 Å². The van der Waals surface area contributed by atoms with Crippen molar-refractivity contribution in [1.82, 2.24) is 28.7 Å². The van der Waals surface area contributed by atoms with Crippen molar-refractivity contribution in [1.29, 1.82) is 0 Å². The van der Waals surface area contributed by atoms with Gasteiger partial charge in [-0.25, -0.2) is 9.97 Å². The van der Waals surface area contributed by atoms with Gasteiger partial charge >= 0.3 is 0 Å². The van der Waals surface area contributed by atoms with Crippen LogP contribution in [0.2, 0.25) is 0 Å². The highest BCUT2D eigenvalue weighted by Crippen LogP contribution is 2.36. The minimum Gasteiger partial charge on any atom is -0.334 e. The number of benzene rings is 4. The fraction of sp³-hybridized carbons (Fsp3) is 0.0571. The second-order valence-electron chi connectivity index (χ2n) is 10.4. The molecule has 0 aliphatic carbocycles. The average Bonchev–Trinajstić information content (AvgIpc) is 3.70. The molecule has 41 heavy (non-hydrogen) atoms. The van der Waals surface area contributed by atoms with Gasteiger partial charge in [0, 0.05) is 65.8 Å². The molecule has 8 aromatic rings. The Morgan fingerprint density at radius 3 is 2.22 bits per heavy atom. The number of hydrogen-bond acceptors (Lipinski definition) is 3. The van der Waals surface area contributed by atoms with Crippen LogP contribution in [0.1, 0.15) is 0 Å². The smallest absolute Gasteiger partial charge is 0.140 e. The van der Waals surface area contributed by atoms with E-state index in [0.717, 1.165) is 61.8 Å². The van der Waals surface area contributed by atoms with Crippen molar-refractivity contribution in [3.05, 3.63) is 122 Å². The van der Waals surface area contributed by atoms with Gasteiger partial charge < -0.3 is 13.7 Å². The molecule has 0 bridgehead atoms. The van der Waals surface area contributed by atoms with Crippen LogP contribution in [0.15, 0.2) is 122 Å². The van der Waals surface area contributed by atoms with Gasteiger partial charge in [0.05, 0.1) is 27.8 Å². The molecule has 0 amide bonds. The van der Waals surface area contributed by atoms with E-state index in [2.05, 4.69) is 112 Å². The molecule has 0 radical (unpaired) electrons. The normalized spacial score (nSPS) is 11.7. The maximum absolute atomic E-state index is 4.97. The lowest BCUT2D eigenvalue weighted by Gasteiger charge is -2.11. The monoisotopic (exact) mass is 530 g/mol. The third kappa shape index (κ3) is 3.68. The van der Waals surface area contributed by atoms with Crippen molar-refractivity contribution < 1.29 is 0 Å². The summed E-state index contributed by atoms with van der Waals surface area (Å²) in [5.74, 6) is 1.87. The molecule has 8 rings (SSSR count). The number of pyridine rings is 1. The first-order valence-corrected chi connectivity index (χ1v) is 13.7. The summed E-state index contributed by atoms with van der Waals surface area (Å²) in [4.78, 5) is 14.2. The number of nitrogens with zero attached hydrogens (tertiary/aromatic N) is 6. The van der Waals surface area contributed by atoms with E-state index < -0.39 is 0 Å². The zero-order valence-electron chi connectivity index (χ0n) is 22.7. The molecule has 0 fully saturated rings. The Morgan fingerprint density at radius 2 is 1.37 bits per heavy atom. The molecule has 4 aromatic carbocycles. The summed E-state index contributed by atoms with van der Waals surface area (Å²) >= 11 is 0. The van der Waals surface area contributed by atoms with E-state index in [1.807, 2.05) is 42.3 Å². The van der Waals surface area contributed by atoms with E-state index in [0.29, 0.717) is 0 Å². The third-order valence-electron chi connectivity index (χ3n) is 7.96. The molecule has 4 heterocycles. The number of aromatic nitrogens is 6. The summed E-state index contributed by atoms with van der Waals surface area (Å²) in [6.45, 7) is 0. The third-order valence-corrected chi connectivity index (χ3v) is 7.96. The van der Waals surface area contributed by atoms with Gasteiger partial charge in [-0.2, -0.15) is 0 Å². The fourth-order valence-corrected chi connectivity index (χ4v) is 5.97. The SMILES string of the molecule is Cn1ccnc1-c1ccnc(-c2cccc(-n3c4ccccc4c4ccc(-c5nc6ccccc6n5C)cc43)c2)c1. The highest BCUT2D eigenvalue weighted by Gasteiger charge is 2.16. The van der Waals surface area contributed by atoms with Crippen LogP contribution in [-0.4, -0.2) is 28.7 Å². The van der Waals surface area contributed by atoms with Crippen LogP contribution in [0.5, 0.6) is 0 Å². The van der Waals surface area contributed by atoms with Crippen LogP contribution in [0.25, 0.3) is 72.6 Å². The fourth-order valence-electron chi connectivity index (χ4n) is 5.97. The number of hydrogen-bond donors (Lipinski definition) is 0. The summed E-state index contributed by atoms with van der Waals surface area (Å²) in [6.07, 6.45) is 5.63. The number of fused-ring (bicyclic) bond motifs is 4. The molecule has 0 atom stereocenters. The highest BCUT2D eigenvalue weighted by molar-refractivity contribution is 6.10. The van der Waals surface area contributed by atoms with Crippen molar-refractivity contribution in [3.8, 4) is 39.7 Å². The lowest BCUT2D eigenvalue weighted by molar-refractivity contribution is 0.924. The predicted molar refractivity (Wildman–Crippen MR) is 166 cm³/mol. The summed E-state index contributed by atoms with van der Waals surface area (Å²) < 4.78 is 6.54. The molecule has 0 aliphatic heterocycles. The molecule has 196 valence electrons. The molecule has 0 saturated carbocycles. The maximum atomic E-state index is 4.97. The van der Waals surface area contributed by atoms with Crippen LogP contribution >= 0.6 is 0 Å². The van der Waals surface area contributed by atoms with Gasteiger partial charge in [-0.15, -0.1) is 0 Å². The number of rotatable bonds is 4. The van der Waals surface area contributed by atoms with Crippen molar-refractivity contribution >= 4 is 32.8 Å². The molecule has 4 aromatic heterocycles. The standard InChI is InChI=1S/C35H26N6/c1-39-19-18-37-34(39)25-16-17-36-30(21-25)23-8-7-9-26(20-23)41-31-12-5-3-10-27(31)28-15-14-24(22-33(28)41)35-38-29-11-4-6-13-32(29)40(35)2/h3-22H,1-2H3. The van der Waals surface area contributed by atoms with E-state index in [4.69, 9.17) is 9.97 Å². The van der Waals surface area contributed by atoms with Crippen LogP contribution < -0.4 is 0 Å². The molecular weight excluding hydrogens is 504 g/mol. The highest BCUT2D eigenvalue weighted by atomic mass is 15.1. The van der Waals surface area contributed by atoms with Crippen LogP contribution in [0.4, 0.5) is 0 Å². The zero-order valence-corrected chi connectivity index (χ0v) is 22.7. The van der Waals surface area contributed by atoms with E-state index >= 15 is 0 Å². The molecule has 0 N–H and O–H groups in total. The summed E-state index contributed by atoms with van der Waals surface area (Å²) in [5.41, 5.74) is 9.59. The molecule has 0 aliphatic rings. The minimum atomic E-state index is 0.911. The quantitative estimate of drug-likeness (QED) is 0.233. The summed E-state index contributed by atoms with van der Waals surface area (Å²) in [6, 6.07) is 36.3. The van der Waals surface area contributed by atoms with Gasteiger partial charge in [0.25, 0.3) is 0 Å². The van der Waals surface area contributed by atoms with Crippen LogP contribution in [-0.2, 0) is 14.1 Å². The Balaban J connectivity index is 1.32. The zero-order chi connectivity index (χ0) is 27.5. The van der Waals surface area contributed by atoms with E-state index in [1.165, 1.54) is 10.8 Å². The van der Waals surface area contributed by atoms with Crippen molar-refractivity contribution in [2.24, 2.45) is 14.1 Å². The first-order valence-electron chi connectivity index (χ1n) is 13.7. The van der Waals surface area contributed by atoms with E-state index in [1.54, 1.807) is 0 Å². The van der Waals surface area contributed by atoms with Gasteiger partial charge in [-0.3, -0.25) is 4.98 Å². The molecule has 0 unspecified atom stereocenters. The van der Waals surface area contributed by atoms with Crippen LogP contribution in [0.3, 0.4) is 0 Å². The van der Waals surface area contributed by atoms with Gasteiger partial charge in [-0.1, -0.05) is 54.6 Å². The first kappa shape index (κ1) is 23.4. The number of aryl methyl sites for hydroxylation is 2. The Bertz CT molecular complexity index is 2250. The van der Waals surface area contributed by atoms with Gasteiger partial charge in [0.15, 0.2) is 0 Å².